The largest absolute Gasteiger partial charge is 0.476 e. The standard InChI is InChI=1S/C16H12Cl2N2O2S/c1-9-4-15(23-8-9)14-6-13(16(21)22)19-20(14)7-10-2-3-11(17)5-12(10)18/h2-6,8H,7H2,1H3,(H,21,22). The highest BCUT2D eigenvalue weighted by Crippen LogP contribution is 2.29. The molecule has 118 valence electrons. The second-order valence-corrected chi connectivity index (χ2v) is 6.86. The van der Waals surface area contributed by atoms with Gasteiger partial charge in [0.15, 0.2) is 5.69 Å². The lowest BCUT2D eigenvalue weighted by Gasteiger charge is -2.08. The van der Waals surface area contributed by atoms with Gasteiger partial charge in [-0.25, -0.2) is 4.79 Å². The number of hydrogen-bond acceptors (Lipinski definition) is 3. The van der Waals surface area contributed by atoms with Crippen molar-refractivity contribution in [2.75, 3.05) is 0 Å². The lowest BCUT2D eigenvalue weighted by molar-refractivity contribution is 0.0689. The number of halogens is 2. The third-order valence-electron chi connectivity index (χ3n) is 3.32. The van der Waals surface area contributed by atoms with E-state index in [0.717, 1.165) is 21.7 Å². The number of rotatable bonds is 4. The van der Waals surface area contributed by atoms with Crippen LogP contribution in [0.3, 0.4) is 0 Å². The van der Waals surface area contributed by atoms with E-state index < -0.39 is 5.97 Å². The number of carboxylic acids is 1. The molecule has 0 unspecified atom stereocenters. The zero-order valence-corrected chi connectivity index (χ0v) is 14.4. The predicted molar refractivity (Wildman–Crippen MR) is 92.8 cm³/mol. The Balaban J connectivity index is 2.05. The number of thiophene rings is 1. The lowest BCUT2D eigenvalue weighted by atomic mass is 10.2. The van der Waals surface area contributed by atoms with Crippen LogP contribution in [0.2, 0.25) is 10.0 Å². The van der Waals surface area contributed by atoms with Gasteiger partial charge in [-0.1, -0.05) is 29.3 Å². The summed E-state index contributed by atoms with van der Waals surface area (Å²) in [5, 5.41) is 16.5. The van der Waals surface area contributed by atoms with Gasteiger partial charge in [0.2, 0.25) is 0 Å². The predicted octanol–water partition coefficient (Wildman–Crippen LogP) is 4.97. The fourth-order valence-corrected chi connectivity index (χ4v) is 3.61. The molecule has 2 aromatic heterocycles. The number of carboxylic acid groups (broad SMARTS) is 1. The summed E-state index contributed by atoms with van der Waals surface area (Å²) in [6, 6.07) is 8.81. The number of aryl methyl sites for hydroxylation is 1. The zero-order valence-electron chi connectivity index (χ0n) is 12.1. The van der Waals surface area contributed by atoms with Gasteiger partial charge in [-0.2, -0.15) is 5.10 Å². The summed E-state index contributed by atoms with van der Waals surface area (Å²) in [6.07, 6.45) is 0. The molecule has 2 heterocycles. The van der Waals surface area contributed by atoms with Crippen molar-refractivity contribution in [3.05, 3.63) is 62.6 Å². The van der Waals surface area contributed by atoms with E-state index in [1.165, 1.54) is 0 Å². The summed E-state index contributed by atoms with van der Waals surface area (Å²) in [5.41, 5.74) is 2.72. The number of benzene rings is 1. The molecule has 0 aliphatic heterocycles. The van der Waals surface area contributed by atoms with E-state index in [1.807, 2.05) is 24.4 Å². The average molecular weight is 367 g/mol. The Bertz CT molecular complexity index is 886. The van der Waals surface area contributed by atoms with Crippen LogP contribution in [0.25, 0.3) is 10.6 Å². The molecule has 0 saturated carbocycles. The van der Waals surface area contributed by atoms with Crippen LogP contribution in [-0.2, 0) is 6.54 Å². The molecule has 0 aliphatic rings. The highest BCUT2D eigenvalue weighted by molar-refractivity contribution is 7.13. The van der Waals surface area contributed by atoms with E-state index in [1.54, 1.807) is 34.2 Å². The van der Waals surface area contributed by atoms with Crippen LogP contribution < -0.4 is 0 Å². The number of nitrogens with zero attached hydrogens (tertiary/aromatic N) is 2. The summed E-state index contributed by atoms with van der Waals surface area (Å²) in [6.45, 7) is 2.37. The van der Waals surface area contributed by atoms with Crippen LogP contribution >= 0.6 is 34.5 Å². The van der Waals surface area contributed by atoms with Crippen molar-refractivity contribution in [1.29, 1.82) is 0 Å². The topological polar surface area (TPSA) is 55.1 Å². The van der Waals surface area contributed by atoms with E-state index in [0.29, 0.717) is 16.6 Å². The second-order valence-electron chi connectivity index (χ2n) is 5.10. The molecule has 23 heavy (non-hydrogen) atoms. The molecule has 0 saturated heterocycles. The molecular weight excluding hydrogens is 355 g/mol. The number of carbonyl (C=O) groups is 1. The number of aromatic carboxylic acids is 1. The first kappa shape index (κ1) is 16.1. The van der Waals surface area contributed by atoms with Crippen molar-refractivity contribution < 1.29 is 9.90 Å². The molecular formula is C16H12Cl2N2O2S. The molecule has 1 aromatic carbocycles. The molecule has 0 spiro atoms. The Kier molecular flexibility index (Phi) is 4.43. The van der Waals surface area contributed by atoms with E-state index >= 15 is 0 Å². The highest BCUT2D eigenvalue weighted by Gasteiger charge is 2.17. The summed E-state index contributed by atoms with van der Waals surface area (Å²) in [7, 11) is 0. The third-order valence-corrected chi connectivity index (χ3v) is 4.97. The van der Waals surface area contributed by atoms with Crippen LogP contribution in [0.4, 0.5) is 0 Å². The van der Waals surface area contributed by atoms with E-state index in [9.17, 15) is 9.90 Å². The van der Waals surface area contributed by atoms with Crippen molar-refractivity contribution in [2.45, 2.75) is 13.5 Å². The maximum atomic E-state index is 11.3. The first-order chi connectivity index (χ1) is 10.9. The molecule has 0 bridgehead atoms. The molecule has 0 atom stereocenters. The quantitative estimate of drug-likeness (QED) is 0.708. The SMILES string of the molecule is Cc1csc(-c2cc(C(=O)O)nn2Cc2ccc(Cl)cc2Cl)c1. The first-order valence-corrected chi connectivity index (χ1v) is 8.38. The minimum Gasteiger partial charge on any atom is -0.476 e. The van der Waals surface area contributed by atoms with Crippen LogP contribution in [0, 0.1) is 6.92 Å². The smallest absolute Gasteiger partial charge is 0.356 e. The van der Waals surface area contributed by atoms with Crippen LogP contribution in [0.15, 0.2) is 35.7 Å². The molecule has 4 nitrogen and oxygen atoms in total. The van der Waals surface area contributed by atoms with Gasteiger partial charge in [0.05, 0.1) is 17.1 Å². The van der Waals surface area contributed by atoms with E-state index in [2.05, 4.69) is 5.10 Å². The van der Waals surface area contributed by atoms with E-state index in [4.69, 9.17) is 23.2 Å². The van der Waals surface area contributed by atoms with Crippen LogP contribution in [-0.4, -0.2) is 20.9 Å². The van der Waals surface area contributed by atoms with Gasteiger partial charge in [0.1, 0.15) is 0 Å². The highest BCUT2D eigenvalue weighted by atomic mass is 35.5. The molecule has 3 aromatic rings. The molecule has 0 amide bonds. The van der Waals surface area contributed by atoms with E-state index in [-0.39, 0.29) is 5.69 Å². The normalized spacial score (nSPS) is 10.9. The summed E-state index contributed by atoms with van der Waals surface area (Å²) >= 11 is 13.7. The van der Waals surface area contributed by atoms with Gasteiger partial charge in [0.25, 0.3) is 0 Å². The van der Waals surface area contributed by atoms with Gasteiger partial charge in [-0.05, 0) is 47.7 Å². The average Bonchev–Trinajstić information content (AvgIpc) is 3.08. The van der Waals surface area contributed by atoms with Gasteiger partial charge in [-0.15, -0.1) is 11.3 Å². The fraction of sp³-hybridized carbons (Fsp3) is 0.125. The first-order valence-electron chi connectivity index (χ1n) is 6.74. The Hall–Kier alpha value is -1.82. The number of hydrogen-bond donors (Lipinski definition) is 1. The summed E-state index contributed by atoms with van der Waals surface area (Å²) in [4.78, 5) is 12.2. The molecule has 0 radical (unpaired) electrons. The van der Waals surface area contributed by atoms with Crippen molar-refractivity contribution in [1.82, 2.24) is 9.78 Å². The zero-order chi connectivity index (χ0) is 16.6. The van der Waals surface area contributed by atoms with Crippen molar-refractivity contribution in [2.24, 2.45) is 0 Å². The van der Waals surface area contributed by atoms with Gasteiger partial charge in [0, 0.05) is 10.0 Å². The van der Waals surface area contributed by atoms with Crippen LogP contribution in [0.1, 0.15) is 21.6 Å². The lowest BCUT2D eigenvalue weighted by Crippen LogP contribution is -2.06. The molecule has 7 heteroatoms. The Morgan fingerprint density at radius 2 is 2.09 bits per heavy atom. The third kappa shape index (κ3) is 3.42. The molecule has 1 N–H and O–H groups in total. The Labute approximate surface area is 146 Å². The minimum absolute atomic E-state index is 0.0103. The molecule has 0 aliphatic carbocycles. The number of aromatic nitrogens is 2. The van der Waals surface area contributed by atoms with Crippen LogP contribution in [0.5, 0.6) is 0 Å². The second kappa shape index (κ2) is 6.35. The molecule has 0 fully saturated rings. The maximum Gasteiger partial charge on any atom is 0.356 e. The summed E-state index contributed by atoms with van der Waals surface area (Å²) in [5.74, 6) is -1.06. The van der Waals surface area contributed by atoms with Gasteiger partial charge >= 0.3 is 5.97 Å². The maximum absolute atomic E-state index is 11.3. The van der Waals surface area contributed by atoms with Crippen molar-refractivity contribution in [3.63, 3.8) is 0 Å². The van der Waals surface area contributed by atoms with Crippen molar-refractivity contribution in [3.8, 4) is 10.6 Å². The van der Waals surface area contributed by atoms with Crippen molar-refractivity contribution >= 4 is 40.5 Å². The van der Waals surface area contributed by atoms with Gasteiger partial charge in [-0.3, -0.25) is 4.68 Å². The monoisotopic (exact) mass is 366 g/mol. The van der Waals surface area contributed by atoms with Gasteiger partial charge < -0.3 is 5.11 Å². The Morgan fingerprint density at radius 3 is 2.70 bits per heavy atom. The minimum atomic E-state index is -1.06. The summed E-state index contributed by atoms with van der Waals surface area (Å²) < 4.78 is 1.66. The Morgan fingerprint density at radius 1 is 1.30 bits per heavy atom. The fourth-order valence-electron chi connectivity index (χ4n) is 2.22. The molecule has 3 rings (SSSR count).